The van der Waals surface area contributed by atoms with Crippen LogP contribution in [-0.2, 0) is 31.3 Å². The highest BCUT2D eigenvalue weighted by Crippen LogP contribution is 2.46. The molecule has 40 heavy (non-hydrogen) atoms. The predicted molar refractivity (Wildman–Crippen MR) is 131 cm³/mol. The summed E-state index contributed by atoms with van der Waals surface area (Å²) in [6.45, 7) is 0.648. The lowest BCUT2D eigenvalue weighted by Crippen LogP contribution is -2.66. The Morgan fingerprint density at radius 3 is 2.25 bits per heavy atom. The van der Waals surface area contributed by atoms with Gasteiger partial charge in [0.1, 0.15) is 5.54 Å². The Morgan fingerprint density at radius 2 is 1.73 bits per heavy atom. The van der Waals surface area contributed by atoms with Crippen molar-refractivity contribution in [3.8, 4) is 6.07 Å². The molecule has 3 aliphatic heterocycles. The Hall–Kier alpha value is -2.79. The first-order valence-electron chi connectivity index (χ1n) is 13.1. The molecule has 1 aromatic rings. The predicted octanol–water partition coefficient (Wildman–Crippen LogP) is 2.69. The van der Waals surface area contributed by atoms with Crippen LogP contribution in [0.2, 0.25) is 0 Å². The van der Waals surface area contributed by atoms with Crippen molar-refractivity contribution in [1.29, 1.82) is 5.26 Å². The van der Waals surface area contributed by atoms with Crippen LogP contribution in [0, 0.1) is 28.6 Å². The summed E-state index contributed by atoms with van der Waals surface area (Å²) in [5.74, 6) is -6.64. The molecule has 216 valence electrons. The van der Waals surface area contributed by atoms with Gasteiger partial charge in [-0.1, -0.05) is 0 Å². The maximum absolute atomic E-state index is 14.2. The number of nitrogens with zero attached hydrogens (tertiary/aromatic N) is 3. The molecular weight excluding hydrogens is 559 g/mol. The zero-order chi connectivity index (χ0) is 28.7. The van der Waals surface area contributed by atoms with Crippen molar-refractivity contribution in [2.45, 2.75) is 53.5 Å². The number of benzene rings is 1. The molecule has 0 bridgehead atoms. The molecule has 2 saturated carbocycles. The summed E-state index contributed by atoms with van der Waals surface area (Å²) >= 11 is 0. The maximum atomic E-state index is 14.2. The molecule has 1 aromatic carbocycles. The van der Waals surface area contributed by atoms with Gasteiger partial charge in [0.05, 0.1) is 70.9 Å². The third kappa shape index (κ3) is 4.74. The Balaban J connectivity index is 1.24. The van der Waals surface area contributed by atoms with Gasteiger partial charge in [0.25, 0.3) is 5.92 Å². The standard InChI is InChI=1S/C26H27F5N4O4S/c27-25(28)11-35(12-25)22(37)18-7-16(6-17(18)21(36)33-24(8-32)3-4-24)40(38)20-2-1-15(5-19(20)26(29,30)31)34-9-23(10-34)13-39-14-23/h1-2,5,16-18H,3-4,6-7,9-14H2,(H,33,36)/t16?,17-,18?,40?/m1/s1. The number of anilines is 1. The number of ether oxygens (including phenoxy) is 1. The fraction of sp³-hybridized carbons (Fsp3) is 0.654. The van der Waals surface area contributed by atoms with E-state index in [4.69, 9.17) is 4.74 Å². The summed E-state index contributed by atoms with van der Waals surface area (Å²) in [4.78, 5) is 28.5. The third-order valence-corrected chi connectivity index (χ3v) is 10.5. The van der Waals surface area contributed by atoms with Crippen LogP contribution >= 0.6 is 0 Å². The molecule has 2 amide bonds. The smallest absolute Gasteiger partial charge is 0.380 e. The fourth-order valence-corrected chi connectivity index (χ4v) is 7.88. The molecule has 0 radical (unpaired) electrons. The number of carbonyl (C=O) groups excluding carboxylic acids is 2. The molecule has 3 saturated heterocycles. The van der Waals surface area contributed by atoms with Gasteiger partial charge in [-0.2, -0.15) is 18.4 Å². The van der Waals surface area contributed by atoms with Crippen molar-refractivity contribution in [2.24, 2.45) is 17.3 Å². The summed E-state index contributed by atoms with van der Waals surface area (Å²) < 4.78 is 88.3. The number of hydrogen-bond acceptors (Lipinski definition) is 6. The maximum Gasteiger partial charge on any atom is 0.417 e. The molecule has 5 aliphatic rings. The number of likely N-dealkylation sites (tertiary alicyclic amines) is 1. The van der Waals surface area contributed by atoms with E-state index in [1.54, 1.807) is 4.90 Å². The summed E-state index contributed by atoms with van der Waals surface area (Å²) in [6, 6.07) is 5.66. The molecule has 14 heteroatoms. The Morgan fingerprint density at radius 1 is 1.07 bits per heavy atom. The van der Waals surface area contributed by atoms with Crippen LogP contribution < -0.4 is 10.2 Å². The Kier molecular flexibility index (Phi) is 6.23. The lowest BCUT2D eigenvalue weighted by atomic mass is 9.77. The number of halogens is 5. The molecule has 3 unspecified atom stereocenters. The molecular formula is C26H27F5N4O4S. The van der Waals surface area contributed by atoms with Crippen molar-refractivity contribution in [2.75, 3.05) is 44.3 Å². The van der Waals surface area contributed by atoms with Crippen molar-refractivity contribution in [3.05, 3.63) is 23.8 Å². The number of nitriles is 1. The highest BCUT2D eigenvalue weighted by molar-refractivity contribution is 7.85. The topological polar surface area (TPSA) is 103 Å². The summed E-state index contributed by atoms with van der Waals surface area (Å²) in [5.41, 5.74) is -1.78. The van der Waals surface area contributed by atoms with E-state index in [1.165, 1.54) is 12.1 Å². The lowest BCUT2D eigenvalue weighted by molar-refractivity contribution is -0.171. The first kappa shape index (κ1) is 27.4. The van der Waals surface area contributed by atoms with E-state index >= 15 is 0 Å². The van der Waals surface area contributed by atoms with E-state index in [1.807, 2.05) is 6.07 Å². The van der Waals surface area contributed by atoms with Gasteiger partial charge in [-0.3, -0.25) is 13.8 Å². The number of nitrogens with one attached hydrogen (secondary N) is 1. The number of hydrogen-bond donors (Lipinski definition) is 1. The highest BCUT2D eigenvalue weighted by atomic mass is 32.2. The SMILES string of the molecule is N#CC1(NC(=O)[C@@H]2CC(S(=O)c3ccc(N4CC5(COC5)C4)cc3C(F)(F)F)CC2C(=O)N2CC(F)(F)C2)CC1. The second kappa shape index (κ2) is 9.11. The molecule has 3 heterocycles. The molecule has 1 N–H and O–H groups in total. The van der Waals surface area contributed by atoms with E-state index in [0.29, 0.717) is 44.8 Å². The van der Waals surface area contributed by atoms with Crippen LogP contribution in [0.25, 0.3) is 0 Å². The van der Waals surface area contributed by atoms with Crippen LogP contribution in [-0.4, -0.2) is 77.0 Å². The minimum Gasteiger partial charge on any atom is -0.380 e. The number of amides is 2. The number of alkyl halides is 5. The first-order chi connectivity index (χ1) is 18.7. The minimum absolute atomic E-state index is 0.0219. The average molecular weight is 587 g/mol. The van der Waals surface area contributed by atoms with E-state index in [2.05, 4.69) is 5.32 Å². The normalized spacial score (nSPS) is 29.9. The summed E-state index contributed by atoms with van der Waals surface area (Å²) in [5, 5.41) is 11.0. The molecule has 4 atom stereocenters. The van der Waals surface area contributed by atoms with E-state index in [9.17, 15) is 41.0 Å². The second-order valence-corrected chi connectivity index (χ2v) is 13.6. The number of carbonyl (C=O) groups is 2. The second-order valence-electron chi connectivity index (χ2n) is 11.9. The first-order valence-corrected chi connectivity index (χ1v) is 14.3. The van der Waals surface area contributed by atoms with Crippen molar-refractivity contribution in [3.63, 3.8) is 0 Å². The van der Waals surface area contributed by atoms with Crippen LogP contribution in [0.3, 0.4) is 0 Å². The molecule has 1 spiro atoms. The molecule has 2 aliphatic carbocycles. The molecule has 8 nitrogen and oxygen atoms in total. The lowest BCUT2D eigenvalue weighted by Gasteiger charge is -2.56. The monoisotopic (exact) mass is 586 g/mol. The Labute approximate surface area is 229 Å². The summed E-state index contributed by atoms with van der Waals surface area (Å²) in [6.07, 6.45) is -4.34. The van der Waals surface area contributed by atoms with Crippen molar-refractivity contribution in [1.82, 2.24) is 10.2 Å². The third-order valence-electron chi connectivity index (χ3n) is 8.68. The van der Waals surface area contributed by atoms with Gasteiger partial charge in [-0.15, -0.1) is 0 Å². The van der Waals surface area contributed by atoms with E-state index in [-0.39, 0.29) is 18.3 Å². The summed E-state index contributed by atoms with van der Waals surface area (Å²) in [7, 11) is -2.25. The molecule has 0 aromatic heterocycles. The van der Waals surface area contributed by atoms with Gasteiger partial charge in [-0.25, -0.2) is 8.78 Å². The van der Waals surface area contributed by atoms with Crippen LogP contribution in [0.4, 0.5) is 27.6 Å². The van der Waals surface area contributed by atoms with Crippen LogP contribution in [0.1, 0.15) is 31.2 Å². The van der Waals surface area contributed by atoms with Gasteiger partial charge >= 0.3 is 6.18 Å². The van der Waals surface area contributed by atoms with Gasteiger partial charge in [0.15, 0.2) is 0 Å². The highest BCUT2D eigenvalue weighted by Gasteiger charge is 2.55. The molecule has 6 rings (SSSR count). The average Bonchev–Trinajstić information content (AvgIpc) is 3.45. The zero-order valence-electron chi connectivity index (χ0n) is 21.3. The van der Waals surface area contributed by atoms with Crippen LogP contribution in [0.15, 0.2) is 23.1 Å². The number of rotatable bonds is 6. The molecule has 5 fully saturated rings. The van der Waals surface area contributed by atoms with Crippen LogP contribution in [0.5, 0.6) is 0 Å². The van der Waals surface area contributed by atoms with E-state index < -0.39 is 80.9 Å². The van der Waals surface area contributed by atoms with E-state index in [0.717, 1.165) is 11.0 Å². The Bertz CT molecular complexity index is 1310. The van der Waals surface area contributed by atoms with Crippen molar-refractivity contribution < 1.29 is 40.5 Å². The van der Waals surface area contributed by atoms with Gasteiger partial charge in [0.2, 0.25) is 11.8 Å². The van der Waals surface area contributed by atoms with Gasteiger partial charge in [0, 0.05) is 24.0 Å². The van der Waals surface area contributed by atoms with Crippen molar-refractivity contribution >= 4 is 28.3 Å². The minimum atomic E-state index is -4.80. The fourth-order valence-electron chi connectivity index (χ4n) is 6.16. The van der Waals surface area contributed by atoms with Gasteiger partial charge in [-0.05, 0) is 43.9 Å². The largest absolute Gasteiger partial charge is 0.417 e. The van der Waals surface area contributed by atoms with Gasteiger partial charge < -0.3 is 19.9 Å². The zero-order valence-corrected chi connectivity index (χ0v) is 22.1. The quantitative estimate of drug-likeness (QED) is 0.515.